The molecule has 2 N–H and O–H groups in total. The lowest BCUT2D eigenvalue weighted by Gasteiger charge is -2.09. The summed E-state index contributed by atoms with van der Waals surface area (Å²) in [5, 5.41) is 11.9. The molecule has 0 bridgehead atoms. The molecule has 0 aliphatic carbocycles. The topological polar surface area (TPSA) is 84.9 Å². The molecule has 0 heterocycles. The number of hydrogen-bond acceptors (Lipinski definition) is 5. The molecule has 29 heavy (non-hydrogen) atoms. The van der Waals surface area contributed by atoms with Gasteiger partial charge in [0.05, 0.1) is 6.42 Å². The number of ether oxygens (including phenoxy) is 2. The van der Waals surface area contributed by atoms with E-state index < -0.39 is 11.9 Å². The molecule has 0 fully saturated rings. The Bertz CT molecular complexity index is 937. The van der Waals surface area contributed by atoms with Crippen molar-refractivity contribution in [2.24, 2.45) is 0 Å². The highest BCUT2D eigenvalue weighted by Gasteiger charge is 2.09. The Labute approximate surface area is 168 Å². The first-order chi connectivity index (χ1) is 14.1. The second-order valence-electron chi connectivity index (χ2n) is 6.35. The molecule has 0 saturated carbocycles. The summed E-state index contributed by atoms with van der Waals surface area (Å²) < 4.78 is 10.7. The number of hydrogen-bond donors (Lipinski definition) is 2. The average molecular weight is 391 g/mol. The summed E-state index contributed by atoms with van der Waals surface area (Å²) in [5.41, 5.74) is 2.34. The number of carbonyl (C=O) groups is 2. The zero-order valence-corrected chi connectivity index (χ0v) is 15.7. The van der Waals surface area contributed by atoms with Gasteiger partial charge in [-0.25, -0.2) is 0 Å². The third-order valence-electron chi connectivity index (χ3n) is 4.04. The number of phenolic OH excluding ortho intramolecular Hbond substituents is 1. The van der Waals surface area contributed by atoms with Crippen LogP contribution in [-0.2, 0) is 27.4 Å². The minimum Gasteiger partial charge on any atom is -0.508 e. The van der Waals surface area contributed by atoms with Gasteiger partial charge in [-0.2, -0.15) is 0 Å². The van der Waals surface area contributed by atoms with E-state index in [1.54, 1.807) is 36.4 Å². The zero-order valence-electron chi connectivity index (χ0n) is 15.7. The van der Waals surface area contributed by atoms with Crippen molar-refractivity contribution in [1.82, 2.24) is 0 Å². The second-order valence-corrected chi connectivity index (χ2v) is 6.35. The van der Waals surface area contributed by atoms with Crippen molar-refractivity contribution in [3.63, 3.8) is 0 Å². The van der Waals surface area contributed by atoms with Gasteiger partial charge >= 0.3 is 5.97 Å². The highest BCUT2D eigenvalue weighted by molar-refractivity contribution is 5.92. The highest BCUT2D eigenvalue weighted by Crippen LogP contribution is 2.17. The Morgan fingerprint density at radius 3 is 2.21 bits per heavy atom. The van der Waals surface area contributed by atoms with Crippen molar-refractivity contribution < 1.29 is 24.2 Å². The molecule has 0 aromatic heterocycles. The molecule has 0 atom stereocenters. The summed E-state index contributed by atoms with van der Waals surface area (Å²) in [4.78, 5) is 23.8. The number of aromatic hydroxyl groups is 1. The largest absolute Gasteiger partial charge is 0.508 e. The van der Waals surface area contributed by atoms with E-state index in [-0.39, 0.29) is 18.8 Å². The van der Waals surface area contributed by atoms with Crippen LogP contribution in [0.15, 0.2) is 78.9 Å². The summed E-state index contributed by atoms with van der Waals surface area (Å²) in [5.74, 6) is -0.136. The number of rotatable bonds is 8. The van der Waals surface area contributed by atoms with Gasteiger partial charge in [-0.3, -0.25) is 9.59 Å². The molecule has 0 aliphatic rings. The van der Waals surface area contributed by atoms with Crippen molar-refractivity contribution in [1.29, 1.82) is 0 Å². The normalized spacial score (nSPS) is 10.2. The molecule has 3 rings (SSSR count). The van der Waals surface area contributed by atoms with Gasteiger partial charge in [0.25, 0.3) is 5.91 Å². The van der Waals surface area contributed by atoms with Crippen molar-refractivity contribution in [3.05, 3.63) is 90.0 Å². The van der Waals surface area contributed by atoms with Gasteiger partial charge in [0.2, 0.25) is 0 Å². The SMILES string of the molecule is O=C(COC(=O)Cc1ccc(O)cc1)Nc1ccc(OCc2ccccc2)cc1. The molecule has 3 aromatic rings. The monoisotopic (exact) mass is 391 g/mol. The number of esters is 1. The van der Waals surface area contributed by atoms with Gasteiger partial charge in [-0.15, -0.1) is 0 Å². The van der Waals surface area contributed by atoms with Gasteiger partial charge in [-0.05, 0) is 47.5 Å². The van der Waals surface area contributed by atoms with Crippen molar-refractivity contribution in [2.45, 2.75) is 13.0 Å². The molecule has 3 aromatic carbocycles. The lowest BCUT2D eigenvalue weighted by atomic mass is 10.1. The Kier molecular flexibility index (Phi) is 6.84. The van der Waals surface area contributed by atoms with Crippen molar-refractivity contribution in [3.8, 4) is 11.5 Å². The summed E-state index contributed by atoms with van der Waals surface area (Å²) in [6.07, 6.45) is 0.0288. The van der Waals surface area contributed by atoms with Gasteiger partial charge < -0.3 is 19.9 Å². The first kappa shape index (κ1) is 19.9. The fourth-order valence-corrected chi connectivity index (χ4v) is 2.55. The molecule has 0 aliphatic heterocycles. The van der Waals surface area contributed by atoms with Gasteiger partial charge in [0.15, 0.2) is 6.61 Å². The van der Waals surface area contributed by atoms with Crippen LogP contribution in [0.5, 0.6) is 11.5 Å². The molecule has 6 nitrogen and oxygen atoms in total. The van der Waals surface area contributed by atoms with E-state index >= 15 is 0 Å². The third kappa shape index (κ3) is 6.70. The van der Waals surface area contributed by atoms with Crippen LogP contribution in [0, 0.1) is 0 Å². The summed E-state index contributed by atoms with van der Waals surface area (Å²) >= 11 is 0. The molecule has 0 unspecified atom stereocenters. The molecule has 0 radical (unpaired) electrons. The third-order valence-corrected chi connectivity index (χ3v) is 4.04. The Hall–Kier alpha value is -3.80. The second kappa shape index (κ2) is 9.94. The Morgan fingerprint density at radius 2 is 1.52 bits per heavy atom. The average Bonchev–Trinajstić information content (AvgIpc) is 2.74. The van der Waals surface area contributed by atoms with Crippen molar-refractivity contribution in [2.75, 3.05) is 11.9 Å². The highest BCUT2D eigenvalue weighted by atomic mass is 16.5. The molecular formula is C23H21NO5. The van der Waals surface area contributed by atoms with E-state index in [9.17, 15) is 14.7 Å². The van der Waals surface area contributed by atoms with Crippen LogP contribution in [0.4, 0.5) is 5.69 Å². The van der Waals surface area contributed by atoms with E-state index in [1.807, 2.05) is 30.3 Å². The van der Waals surface area contributed by atoms with Crippen LogP contribution in [0.2, 0.25) is 0 Å². The molecule has 148 valence electrons. The molecule has 6 heteroatoms. The van der Waals surface area contributed by atoms with E-state index in [1.165, 1.54) is 12.1 Å². The standard InChI is InChI=1S/C23H21NO5/c25-20-10-6-17(7-11-20)14-23(27)29-16-22(26)24-19-8-12-21(13-9-19)28-15-18-4-2-1-3-5-18/h1-13,25H,14-16H2,(H,24,26). The maximum absolute atomic E-state index is 12.0. The lowest BCUT2D eigenvalue weighted by molar-refractivity contribution is -0.146. The molecular weight excluding hydrogens is 370 g/mol. The Balaban J connectivity index is 1.40. The first-order valence-corrected chi connectivity index (χ1v) is 9.09. The minimum atomic E-state index is -0.518. The van der Waals surface area contributed by atoms with E-state index in [2.05, 4.69) is 5.32 Å². The quantitative estimate of drug-likeness (QED) is 0.572. The lowest BCUT2D eigenvalue weighted by Crippen LogP contribution is -2.21. The molecule has 0 spiro atoms. The van der Waals surface area contributed by atoms with E-state index in [4.69, 9.17) is 9.47 Å². The fourth-order valence-electron chi connectivity index (χ4n) is 2.55. The van der Waals surface area contributed by atoms with Crippen LogP contribution in [0.3, 0.4) is 0 Å². The Morgan fingerprint density at radius 1 is 0.828 bits per heavy atom. The summed E-state index contributed by atoms with van der Waals surface area (Å²) in [7, 11) is 0. The van der Waals surface area contributed by atoms with Crippen LogP contribution < -0.4 is 10.1 Å². The maximum atomic E-state index is 12.0. The summed E-state index contributed by atoms with van der Waals surface area (Å²) in [6.45, 7) is 0.0900. The molecule has 0 saturated heterocycles. The number of benzene rings is 3. The zero-order chi connectivity index (χ0) is 20.5. The number of carbonyl (C=O) groups excluding carboxylic acids is 2. The van der Waals surface area contributed by atoms with Crippen LogP contribution in [0.25, 0.3) is 0 Å². The number of nitrogens with one attached hydrogen (secondary N) is 1. The maximum Gasteiger partial charge on any atom is 0.310 e. The molecule has 1 amide bonds. The number of anilines is 1. The van der Waals surface area contributed by atoms with E-state index in [0.717, 1.165) is 5.56 Å². The van der Waals surface area contributed by atoms with Gasteiger partial charge in [0, 0.05) is 5.69 Å². The van der Waals surface area contributed by atoms with Gasteiger partial charge in [0.1, 0.15) is 18.1 Å². The van der Waals surface area contributed by atoms with Gasteiger partial charge in [-0.1, -0.05) is 42.5 Å². The first-order valence-electron chi connectivity index (χ1n) is 9.09. The number of phenols is 1. The van der Waals surface area contributed by atoms with E-state index in [0.29, 0.717) is 23.6 Å². The van der Waals surface area contributed by atoms with Crippen LogP contribution in [0.1, 0.15) is 11.1 Å². The predicted molar refractivity (Wildman–Crippen MR) is 109 cm³/mol. The number of amides is 1. The van der Waals surface area contributed by atoms with Crippen LogP contribution >= 0.6 is 0 Å². The fraction of sp³-hybridized carbons (Fsp3) is 0.130. The minimum absolute atomic E-state index is 0.0288. The summed E-state index contributed by atoms with van der Waals surface area (Å²) in [6, 6.07) is 23.0. The predicted octanol–water partition coefficient (Wildman–Crippen LogP) is 3.70. The van der Waals surface area contributed by atoms with Crippen molar-refractivity contribution >= 4 is 17.6 Å². The smallest absolute Gasteiger partial charge is 0.310 e. The van der Waals surface area contributed by atoms with Crippen LogP contribution in [-0.4, -0.2) is 23.6 Å².